The Bertz CT molecular complexity index is 966. The summed E-state index contributed by atoms with van der Waals surface area (Å²) in [4.78, 5) is 4.86. The van der Waals surface area contributed by atoms with E-state index in [9.17, 15) is 8.42 Å². The van der Waals surface area contributed by atoms with E-state index in [0.717, 1.165) is 11.3 Å². The van der Waals surface area contributed by atoms with Crippen molar-refractivity contribution in [1.82, 2.24) is 15.4 Å². The molecule has 8 heteroatoms. The van der Waals surface area contributed by atoms with Gasteiger partial charge in [-0.05, 0) is 57.0 Å². The van der Waals surface area contributed by atoms with Crippen molar-refractivity contribution in [2.75, 3.05) is 13.7 Å². The van der Waals surface area contributed by atoms with Crippen LogP contribution in [-0.4, -0.2) is 33.6 Å². The summed E-state index contributed by atoms with van der Waals surface area (Å²) in [7, 11) is -2.00. The average molecular weight is 433 g/mol. The molecular weight excluding hydrogens is 400 g/mol. The van der Waals surface area contributed by atoms with E-state index in [0.29, 0.717) is 31.2 Å². The van der Waals surface area contributed by atoms with E-state index in [1.165, 1.54) is 0 Å². The van der Waals surface area contributed by atoms with Gasteiger partial charge in [-0.1, -0.05) is 30.3 Å². The number of hydrogen-bond acceptors (Lipinski definition) is 4. The van der Waals surface area contributed by atoms with Crippen LogP contribution in [0.4, 0.5) is 0 Å². The molecule has 0 saturated carbocycles. The van der Waals surface area contributed by atoms with Crippen molar-refractivity contribution < 1.29 is 13.2 Å². The molecule has 2 aromatic carbocycles. The quantitative estimate of drug-likeness (QED) is 0.441. The second-order valence-electron chi connectivity index (χ2n) is 7.86. The van der Waals surface area contributed by atoms with Gasteiger partial charge in [-0.2, -0.15) is 0 Å². The number of methoxy groups -OCH3 is 1. The molecule has 0 amide bonds. The van der Waals surface area contributed by atoms with Crippen molar-refractivity contribution in [3.05, 3.63) is 59.7 Å². The molecule has 2 aromatic rings. The molecule has 30 heavy (non-hydrogen) atoms. The zero-order valence-electron chi connectivity index (χ0n) is 18.3. The number of benzene rings is 2. The largest absolute Gasteiger partial charge is 0.497 e. The van der Waals surface area contributed by atoms with Gasteiger partial charge < -0.3 is 15.4 Å². The molecule has 0 bridgehead atoms. The fraction of sp³-hybridized carbons (Fsp3) is 0.409. The van der Waals surface area contributed by atoms with Gasteiger partial charge in [0.05, 0.1) is 18.6 Å². The molecule has 7 nitrogen and oxygen atoms in total. The normalized spacial score (nSPS) is 12.5. The molecule has 0 radical (unpaired) electrons. The Kier molecular flexibility index (Phi) is 8.25. The Balaban J connectivity index is 2.16. The minimum atomic E-state index is -3.64. The van der Waals surface area contributed by atoms with E-state index in [-0.39, 0.29) is 4.90 Å². The van der Waals surface area contributed by atoms with Crippen LogP contribution in [-0.2, 0) is 23.1 Å². The number of sulfonamides is 1. The zero-order valence-corrected chi connectivity index (χ0v) is 19.1. The monoisotopic (exact) mass is 432 g/mol. The minimum absolute atomic E-state index is 0.260. The van der Waals surface area contributed by atoms with Crippen LogP contribution in [0.25, 0.3) is 0 Å². The molecule has 0 atom stereocenters. The standard InChI is InChI=1S/C22H32N4O3S/c1-6-23-21(24-15-17-10-9-12-19(14-17)29-5)25-16-18-11-7-8-13-20(18)30(27,28)26-22(2,3)4/h7-14,26H,6,15-16H2,1-5H3,(H2,23,24,25). The second-order valence-corrected chi connectivity index (χ2v) is 9.51. The number of nitrogens with zero attached hydrogens (tertiary/aromatic N) is 1. The Morgan fingerprint density at radius 1 is 1.07 bits per heavy atom. The first kappa shape index (κ1) is 23.7. The summed E-state index contributed by atoms with van der Waals surface area (Å²) in [6, 6.07) is 14.7. The number of hydrogen-bond donors (Lipinski definition) is 3. The molecule has 0 heterocycles. The maximum atomic E-state index is 12.8. The van der Waals surface area contributed by atoms with Crippen LogP contribution in [0.15, 0.2) is 58.4 Å². The second kappa shape index (κ2) is 10.4. The lowest BCUT2D eigenvalue weighted by Crippen LogP contribution is -2.41. The van der Waals surface area contributed by atoms with E-state index in [1.807, 2.05) is 58.0 Å². The predicted molar refractivity (Wildman–Crippen MR) is 121 cm³/mol. The van der Waals surface area contributed by atoms with Gasteiger partial charge in [0.2, 0.25) is 10.0 Å². The molecule has 2 rings (SSSR count). The highest BCUT2D eigenvalue weighted by Crippen LogP contribution is 2.18. The summed E-state index contributed by atoms with van der Waals surface area (Å²) in [5.41, 5.74) is 1.12. The lowest BCUT2D eigenvalue weighted by Gasteiger charge is -2.22. The fourth-order valence-corrected chi connectivity index (χ4v) is 4.49. The van der Waals surface area contributed by atoms with Crippen molar-refractivity contribution >= 4 is 16.0 Å². The van der Waals surface area contributed by atoms with Gasteiger partial charge in [0, 0.05) is 18.6 Å². The summed E-state index contributed by atoms with van der Waals surface area (Å²) in [5, 5.41) is 6.42. The maximum Gasteiger partial charge on any atom is 0.241 e. The summed E-state index contributed by atoms with van der Waals surface area (Å²) in [6.45, 7) is 8.92. The van der Waals surface area contributed by atoms with Gasteiger partial charge in [0.25, 0.3) is 0 Å². The summed E-state index contributed by atoms with van der Waals surface area (Å²) in [5.74, 6) is 1.39. The molecule has 0 aliphatic rings. The zero-order chi connectivity index (χ0) is 22.2. The molecule has 0 fully saturated rings. The highest BCUT2D eigenvalue weighted by Gasteiger charge is 2.24. The third-order valence-corrected chi connectivity index (χ3v) is 5.91. The minimum Gasteiger partial charge on any atom is -0.497 e. The van der Waals surface area contributed by atoms with Gasteiger partial charge in [-0.3, -0.25) is 0 Å². The molecule has 0 aliphatic heterocycles. The van der Waals surface area contributed by atoms with E-state index >= 15 is 0 Å². The van der Waals surface area contributed by atoms with E-state index in [1.54, 1.807) is 25.3 Å². The van der Waals surface area contributed by atoms with Gasteiger partial charge in [-0.25, -0.2) is 18.1 Å². The van der Waals surface area contributed by atoms with Crippen molar-refractivity contribution in [2.24, 2.45) is 4.99 Å². The summed E-state index contributed by atoms with van der Waals surface area (Å²) >= 11 is 0. The first-order valence-corrected chi connectivity index (χ1v) is 11.4. The molecule has 0 aromatic heterocycles. The van der Waals surface area contributed by atoms with Gasteiger partial charge >= 0.3 is 0 Å². The van der Waals surface area contributed by atoms with E-state index in [4.69, 9.17) is 4.74 Å². The number of rotatable bonds is 8. The third-order valence-electron chi connectivity index (χ3n) is 4.05. The number of ether oxygens (including phenoxy) is 1. The molecule has 0 saturated heterocycles. The Hall–Kier alpha value is -2.58. The highest BCUT2D eigenvalue weighted by molar-refractivity contribution is 7.89. The number of guanidine groups is 1. The molecule has 0 unspecified atom stereocenters. The Morgan fingerprint density at radius 3 is 2.47 bits per heavy atom. The Labute approximate surface area is 180 Å². The maximum absolute atomic E-state index is 12.8. The molecule has 164 valence electrons. The summed E-state index contributed by atoms with van der Waals surface area (Å²) < 4.78 is 33.6. The topological polar surface area (TPSA) is 91.8 Å². The van der Waals surface area contributed by atoms with Crippen molar-refractivity contribution in [3.8, 4) is 5.75 Å². The average Bonchev–Trinajstić information content (AvgIpc) is 2.68. The van der Waals surface area contributed by atoms with Gasteiger partial charge in [0.15, 0.2) is 5.96 Å². The van der Waals surface area contributed by atoms with Crippen LogP contribution in [0.1, 0.15) is 38.8 Å². The predicted octanol–water partition coefficient (Wildman–Crippen LogP) is 3.03. The fourth-order valence-electron chi connectivity index (χ4n) is 2.83. The Morgan fingerprint density at radius 2 is 1.80 bits per heavy atom. The van der Waals surface area contributed by atoms with Crippen molar-refractivity contribution in [3.63, 3.8) is 0 Å². The first-order chi connectivity index (χ1) is 14.1. The van der Waals surface area contributed by atoms with Crippen LogP contribution < -0.4 is 20.1 Å². The molecule has 3 N–H and O–H groups in total. The smallest absolute Gasteiger partial charge is 0.241 e. The third kappa shape index (κ3) is 7.35. The molecule has 0 aliphatic carbocycles. The van der Waals surface area contributed by atoms with Gasteiger partial charge in [-0.15, -0.1) is 0 Å². The lowest BCUT2D eigenvalue weighted by molar-refractivity contribution is 0.414. The van der Waals surface area contributed by atoms with Crippen LogP contribution in [0.5, 0.6) is 5.75 Å². The lowest BCUT2D eigenvalue weighted by atomic mass is 10.1. The summed E-state index contributed by atoms with van der Waals surface area (Å²) in [6.07, 6.45) is 0. The van der Waals surface area contributed by atoms with E-state index in [2.05, 4.69) is 20.3 Å². The number of aliphatic imine (C=N–C) groups is 1. The molecular formula is C22H32N4O3S. The first-order valence-electron chi connectivity index (χ1n) is 9.91. The van der Waals surface area contributed by atoms with Crippen molar-refractivity contribution in [2.45, 2.75) is 51.2 Å². The highest BCUT2D eigenvalue weighted by atomic mass is 32.2. The SMILES string of the molecule is CCNC(=NCc1cccc(OC)c1)NCc1ccccc1S(=O)(=O)NC(C)(C)C. The molecule has 0 spiro atoms. The van der Waals surface area contributed by atoms with Crippen LogP contribution >= 0.6 is 0 Å². The van der Waals surface area contributed by atoms with Crippen LogP contribution in [0, 0.1) is 0 Å². The number of nitrogens with one attached hydrogen (secondary N) is 3. The van der Waals surface area contributed by atoms with Crippen LogP contribution in [0.2, 0.25) is 0 Å². The van der Waals surface area contributed by atoms with Gasteiger partial charge in [0.1, 0.15) is 5.75 Å². The van der Waals surface area contributed by atoms with Crippen LogP contribution in [0.3, 0.4) is 0 Å². The van der Waals surface area contributed by atoms with E-state index < -0.39 is 15.6 Å². The van der Waals surface area contributed by atoms with Crippen molar-refractivity contribution in [1.29, 1.82) is 0 Å².